The van der Waals surface area contributed by atoms with Crippen molar-refractivity contribution in [2.24, 2.45) is 0 Å². The first-order valence-electron chi connectivity index (χ1n) is 6.87. The summed E-state index contributed by atoms with van der Waals surface area (Å²) in [6.07, 6.45) is 5.50. The third-order valence-electron chi connectivity index (χ3n) is 3.62. The van der Waals surface area contributed by atoms with E-state index in [0.29, 0.717) is 5.56 Å². The van der Waals surface area contributed by atoms with Crippen LogP contribution in [0.3, 0.4) is 0 Å². The molecule has 0 aliphatic heterocycles. The summed E-state index contributed by atoms with van der Waals surface area (Å²) in [4.78, 5) is 12.3. The lowest BCUT2D eigenvalue weighted by Crippen LogP contribution is -2.36. The van der Waals surface area contributed by atoms with Crippen LogP contribution in [-0.2, 0) is 10.0 Å². The van der Waals surface area contributed by atoms with Gasteiger partial charge in [-0.15, -0.1) is 0 Å². The number of benzene rings is 1. The topological polar surface area (TPSA) is 75.3 Å². The number of sulfonamides is 1. The fraction of sp³-hybridized carbons (Fsp3) is 0.500. The van der Waals surface area contributed by atoms with E-state index in [-0.39, 0.29) is 16.8 Å². The number of carbonyl (C=O) groups excluding carboxylic acids is 1. The molecule has 1 amide bonds. The summed E-state index contributed by atoms with van der Waals surface area (Å²) in [5.41, 5.74) is 0.381. The molecular formula is C14H20N2O3S. The predicted molar refractivity (Wildman–Crippen MR) is 77.0 cm³/mol. The van der Waals surface area contributed by atoms with Gasteiger partial charge in [-0.2, -0.15) is 0 Å². The van der Waals surface area contributed by atoms with Crippen molar-refractivity contribution in [3.63, 3.8) is 0 Å². The van der Waals surface area contributed by atoms with Crippen molar-refractivity contribution < 1.29 is 13.2 Å². The summed E-state index contributed by atoms with van der Waals surface area (Å²) < 4.78 is 25.7. The van der Waals surface area contributed by atoms with Crippen molar-refractivity contribution in [3.8, 4) is 0 Å². The van der Waals surface area contributed by atoms with Gasteiger partial charge >= 0.3 is 0 Å². The van der Waals surface area contributed by atoms with Gasteiger partial charge in [0.1, 0.15) is 0 Å². The molecule has 1 saturated carbocycles. The number of hydrogen-bond donors (Lipinski definition) is 2. The fourth-order valence-electron chi connectivity index (χ4n) is 2.44. The molecule has 1 aliphatic rings. The summed E-state index contributed by atoms with van der Waals surface area (Å²) in [5, 5.41) is 2.98. The van der Waals surface area contributed by atoms with Gasteiger partial charge in [0.05, 0.1) is 4.90 Å². The molecule has 0 aromatic heterocycles. The Morgan fingerprint density at radius 1 is 1.20 bits per heavy atom. The van der Waals surface area contributed by atoms with Crippen LogP contribution in [0.15, 0.2) is 29.2 Å². The van der Waals surface area contributed by atoms with E-state index in [2.05, 4.69) is 10.0 Å². The normalized spacial score (nSPS) is 16.9. The highest BCUT2D eigenvalue weighted by Gasteiger charge is 2.18. The Bertz CT molecular complexity index is 578. The smallest absolute Gasteiger partial charge is 0.251 e. The number of carbonyl (C=O) groups is 1. The average molecular weight is 296 g/mol. The number of amides is 1. The molecule has 20 heavy (non-hydrogen) atoms. The van der Waals surface area contributed by atoms with Crippen LogP contribution in [0.5, 0.6) is 0 Å². The minimum absolute atomic E-state index is 0.108. The molecule has 0 bridgehead atoms. The van der Waals surface area contributed by atoms with Gasteiger partial charge in [0, 0.05) is 11.6 Å². The van der Waals surface area contributed by atoms with E-state index < -0.39 is 10.0 Å². The molecule has 1 aromatic carbocycles. The monoisotopic (exact) mass is 296 g/mol. The Hall–Kier alpha value is -1.40. The minimum atomic E-state index is -3.52. The Kier molecular flexibility index (Phi) is 4.77. The Labute approximate surface area is 119 Å². The van der Waals surface area contributed by atoms with E-state index in [4.69, 9.17) is 0 Å². The molecule has 0 unspecified atom stereocenters. The molecule has 0 atom stereocenters. The zero-order chi connectivity index (χ0) is 14.6. The van der Waals surface area contributed by atoms with Crippen LogP contribution in [0.2, 0.25) is 0 Å². The van der Waals surface area contributed by atoms with Crippen LogP contribution in [0.4, 0.5) is 0 Å². The number of rotatable bonds is 4. The lowest BCUT2D eigenvalue weighted by molar-refractivity contribution is 0.0927. The molecule has 5 nitrogen and oxygen atoms in total. The second-order valence-electron chi connectivity index (χ2n) is 5.04. The van der Waals surface area contributed by atoms with E-state index in [1.165, 1.54) is 25.6 Å². The van der Waals surface area contributed by atoms with Crippen LogP contribution in [0, 0.1) is 0 Å². The van der Waals surface area contributed by atoms with E-state index in [9.17, 15) is 13.2 Å². The molecule has 2 N–H and O–H groups in total. The van der Waals surface area contributed by atoms with Crippen LogP contribution in [0.1, 0.15) is 42.5 Å². The first-order chi connectivity index (χ1) is 9.53. The van der Waals surface area contributed by atoms with Crippen LogP contribution in [0.25, 0.3) is 0 Å². The van der Waals surface area contributed by atoms with Gasteiger partial charge in [-0.1, -0.05) is 25.3 Å². The lowest BCUT2D eigenvalue weighted by Gasteiger charge is -2.22. The van der Waals surface area contributed by atoms with E-state index in [1.807, 2.05) is 0 Å². The number of hydrogen-bond acceptors (Lipinski definition) is 3. The zero-order valence-electron chi connectivity index (χ0n) is 11.6. The predicted octanol–water partition coefficient (Wildman–Crippen LogP) is 1.66. The van der Waals surface area contributed by atoms with Crippen LogP contribution < -0.4 is 10.0 Å². The van der Waals surface area contributed by atoms with Crippen molar-refractivity contribution >= 4 is 15.9 Å². The molecule has 2 rings (SSSR count). The molecule has 1 aliphatic carbocycles. The fourth-order valence-corrected chi connectivity index (χ4v) is 3.21. The molecular weight excluding hydrogens is 276 g/mol. The highest BCUT2D eigenvalue weighted by atomic mass is 32.2. The highest BCUT2D eigenvalue weighted by Crippen LogP contribution is 2.18. The van der Waals surface area contributed by atoms with Crippen LogP contribution >= 0.6 is 0 Å². The van der Waals surface area contributed by atoms with Crippen molar-refractivity contribution in [1.29, 1.82) is 0 Å². The van der Waals surface area contributed by atoms with E-state index in [0.717, 1.165) is 25.7 Å². The van der Waals surface area contributed by atoms with Gasteiger partial charge in [0.2, 0.25) is 10.0 Å². The minimum Gasteiger partial charge on any atom is -0.349 e. The summed E-state index contributed by atoms with van der Waals surface area (Å²) in [5.74, 6) is -0.204. The van der Waals surface area contributed by atoms with Crippen molar-refractivity contribution in [2.45, 2.75) is 43.0 Å². The standard InChI is InChI=1S/C14H20N2O3S/c1-15-20(18,19)13-9-5-6-11(10-13)14(17)16-12-7-3-2-4-8-12/h5-6,9-10,12,15H,2-4,7-8H2,1H3,(H,16,17). The summed E-state index contributed by atoms with van der Waals surface area (Å²) >= 11 is 0. The van der Waals surface area contributed by atoms with Gasteiger partial charge in [-0.25, -0.2) is 13.1 Å². The summed E-state index contributed by atoms with van der Waals surface area (Å²) in [7, 11) is -2.17. The molecule has 110 valence electrons. The molecule has 0 spiro atoms. The second kappa shape index (κ2) is 6.37. The summed E-state index contributed by atoms with van der Waals surface area (Å²) in [6.45, 7) is 0. The highest BCUT2D eigenvalue weighted by molar-refractivity contribution is 7.89. The molecule has 0 heterocycles. The van der Waals surface area contributed by atoms with Gasteiger partial charge in [-0.05, 0) is 38.1 Å². The Balaban J connectivity index is 2.12. The Morgan fingerprint density at radius 3 is 2.55 bits per heavy atom. The van der Waals surface area contributed by atoms with E-state index >= 15 is 0 Å². The largest absolute Gasteiger partial charge is 0.349 e. The lowest BCUT2D eigenvalue weighted by atomic mass is 9.95. The van der Waals surface area contributed by atoms with Crippen LogP contribution in [-0.4, -0.2) is 27.4 Å². The van der Waals surface area contributed by atoms with Gasteiger partial charge in [-0.3, -0.25) is 4.79 Å². The molecule has 0 radical (unpaired) electrons. The maximum absolute atomic E-state index is 12.2. The maximum Gasteiger partial charge on any atom is 0.251 e. The number of nitrogens with one attached hydrogen (secondary N) is 2. The summed E-state index contributed by atoms with van der Waals surface area (Å²) in [6, 6.07) is 6.31. The second-order valence-corrected chi connectivity index (χ2v) is 6.93. The van der Waals surface area contributed by atoms with Gasteiger partial charge in [0.25, 0.3) is 5.91 Å². The SMILES string of the molecule is CNS(=O)(=O)c1cccc(C(=O)NC2CCCCC2)c1. The molecule has 6 heteroatoms. The van der Waals surface area contributed by atoms with Gasteiger partial charge < -0.3 is 5.32 Å². The van der Waals surface area contributed by atoms with Crippen molar-refractivity contribution in [1.82, 2.24) is 10.0 Å². The third-order valence-corrected chi connectivity index (χ3v) is 5.03. The molecule has 1 fully saturated rings. The molecule has 0 saturated heterocycles. The van der Waals surface area contributed by atoms with E-state index in [1.54, 1.807) is 12.1 Å². The first-order valence-corrected chi connectivity index (χ1v) is 8.36. The third kappa shape index (κ3) is 3.58. The molecule has 1 aromatic rings. The van der Waals surface area contributed by atoms with Crippen molar-refractivity contribution in [2.75, 3.05) is 7.05 Å². The first kappa shape index (κ1) is 15.0. The Morgan fingerprint density at radius 2 is 1.90 bits per heavy atom. The van der Waals surface area contributed by atoms with Crippen molar-refractivity contribution in [3.05, 3.63) is 29.8 Å². The zero-order valence-corrected chi connectivity index (χ0v) is 12.4. The maximum atomic E-state index is 12.2. The average Bonchev–Trinajstić information content (AvgIpc) is 2.48. The quantitative estimate of drug-likeness (QED) is 0.887. The van der Waals surface area contributed by atoms with Gasteiger partial charge in [0.15, 0.2) is 0 Å².